The quantitative estimate of drug-likeness (QED) is 0.889. The molecule has 4 nitrogen and oxygen atoms in total. The van der Waals surface area contributed by atoms with Gasteiger partial charge in [0.05, 0.1) is 12.0 Å². The number of nitrogens with one attached hydrogen (secondary N) is 1. The molecule has 136 valence electrons. The molecule has 4 heteroatoms. The fourth-order valence-electron chi connectivity index (χ4n) is 3.85. The van der Waals surface area contributed by atoms with Crippen LogP contribution >= 0.6 is 0 Å². The lowest BCUT2D eigenvalue weighted by Crippen LogP contribution is -2.46. The summed E-state index contributed by atoms with van der Waals surface area (Å²) in [5.74, 6) is -0.133. The minimum Gasteiger partial charge on any atom is -0.336 e. The van der Waals surface area contributed by atoms with E-state index in [-0.39, 0.29) is 18.4 Å². The number of carbonyl (C=O) groups is 2. The Hall–Kier alpha value is -2.62. The van der Waals surface area contributed by atoms with Gasteiger partial charge in [0.1, 0.15) is 0 Å². The van der Waals surface area contributed by atoms with Crippen LogP contribution in [-0.4, -0.2) is 30.3 Å². The maximum absolute atomic E-state index is 13.2. The van der Waals surface area contributed by atoms with Crippen LogP contribution in [0.1, 0.15) is 36.8 Å². The number of rotatable bonds is 5. The molecule has 3 rings (SSSR count). The summed E-state index contributed by atoms with van der Waals surface area (Å²) in [5, 5.41) is 2.86. The Kier molecular flexibility index (Phi) is 5.40. The van der Waals surface area contributed by atoms with Crippen LogP contribution in [0.15, 0.2) is 54.6 Å². The topological polar surface area (TPSA) is 49.4 Å². The lowest BCUT2D eigenvalue weighted by molar-refractivity contribution is -0.138. The molecule has 0 radical (unpaired) electrons. The summed E-state index contributed by atoms with van der Waals surface area (Å²) in [6, 6.07) is 17.6. The first-order valence-corrected chi connectivity index (χ1v) is 9.19. The van der Waals surface area contributed by atoms with Crippen molar-refractivity contribution in [3.05, 3.63) is 65.7 Å². The van der Waals surface area contributed by atoms with E-state index in [1.54, 1.807) is 11.9 Å². The maximum Gasteiger partial charge on any atom is 0.243 e. The number of hydrogen-bond acceptors (Lipinski definition) is 2. The Morgan fingerprint density at radius 3 is 2.23 bits per heavy atom. The van der Waals surface area contributed by atoms with Crippen LogP contribution in [0.2, 0.25) is 0 Å². The van der Waals surface area contributed by atoms with Crippen molar-refractivity contribution in [3.8, 4) is 0 Å². The van der Waals surface area contributed by atoms with Gasteiger partial charge in [-0.15, -0.1) is 0 Å². The first-order valence-electron chi connectivity index (χ1n) is 9.19. The standard InChI is InChI=1S/C22H26N2O2/c1-17-10-12-19(13-11-17)23-20(25)16-24(2)21(26)22(14-6-7-15-22)18-8-4-3-5-9-18/h3-5,8-13H,6-7,14-16H2,1-2H3,(H,23,25). The molecule has 1 aliphatic rings. The normalized spacial score (nSPS) is 15.5. The molecule has 1 saturated carbocycles. The number of anilines is 1. The fraction of sp³-hybridized carbons (Fsp3) is 0.364. The van der Waals surface area contributed by atoms with E-state index >= 15 is 0 Å². The molecule has 0 aromatic heterocycles. The summed E-state index contributed by atoms with van der Waals surface area (Å²) in [7, 11) is 1.72. The van der Waals surface area contributed by atoms with E-state index in [1.165, 1.54) is 0 Å². The van der Waals surface area contributed by atoms with Crippen LogP contribution < -0.4 is 5.32 Å². The van der Waals surface area contributed by atoms with Gasteiger partial charge in [0.15, 0.2) is 0 Å². The molecule has 0 saturated heterocycles. The molecule has 1 N–H and O–H groups in total. The lowest BCUT2D eigenvalue weighted by Gasteiger charge is -2.32. The van der Waals surface area contributed by atoms with Gasteiger partial charge >= 0.3 is 0 Å². The Labute approximate surface area is 155 Å². The van der Waals surface area contributed by atoms with Crippen molar-refractivity contribution >= 4 is 17.5 Å². The summed E-state index contributed by atoms with van der Waals surface area (Å²) in [4.78, 5) is 27.2. The number of likely N-dealkylation sites (N-methyl/N-ethyl adjacent to an activating group) is 1. The van der Waals surface area contributed by atoms with Crippen molar-refractivity contribution in [3.63, 3.8) is 0 Å². The highest BCUT2D eigenvalue weighted by Gasteiger charge is 2.44. The summed E-state index contributed by atoms with van der Waals surface area (Å²) in [5.41, 5.74) is 2.47. The monoisotopic (exact) mass is 350 g/mol. The van der Waals surface area contributed by atoms with E-state index in [1.807, 2.05) is 61.5 Å². The van der Waals surface area contributed by atoms with Crippen molar-refractivity contribution in [2.45, 2.75) is 38.0 Å². The van der Waals surface area contributed by atoms with Crippen LogP contribution in [0.3, 0.4) is 0 Å². The molecule has 26 heavy (non-hydrogen) atoms. The smallest absolute Gasteiger partial charge is 0.243 e. The fourth-order valence-corrected chi connectivity index (χ4v) is 3.85. The van der Waals surface area contributed by atoms with Crippen LogP contribution in [0, 0.1) is 6.92 Å². The van der Waals surface area contributed by atoms with E-state index in [2.05, 4.69) is 5.32 Å². The molecule has 1 fully saturated rings. The number of nitrogens with zero attached hydrogens (tertiary/aromatic N) is 1. The molecular formula is C22H26N2O2. The van der Waals surface area contributed by atoms with Gasteiger partial charge in [-0.1, -0.05) is 60.9 Å². The Balaban J connectivity index is 1.69. The molecule has 2 aromatic rings. The zero-order chi connectivity index (χ0) is 18.6. The molecule has 0 aliphatic heterocycles. The Morgan fingerprint density at radius 1 is 1.00 bits per heavy atom. The number of carbonyl (C=O) groups excluding carboxylic acids is 2. The average Bonchev–Trinajstić information content (AvgIpc) is 3.14. The number of amides is 2. The van der Waals surface area contributed by atoms with Crippen LogP contribution in [0.5, 0.6) is 0 Å². The second kappa shape index (κ2) is 7.73. The lowest BCUT2D eigenvalue weighted by atomic mass is 9.77. The van der Waals surface area contributed by atoms with Gasteiger partial charge in [-0.2, -0.15) is 0 Å². The predicted molar refractivity (Wildman–Crippen MR) is 104 cm³/mol. The van der Waals surface area contributed by atoms with Crippen LogP contribution in [-0.2, 0) is 15.0 Å². The molecule has 0 heterocycles. The first-order chi connectivity index (χ1) is 12.5. The van der Waals surface area contributed by atoms with Crippen molar-refractivity contribution in [1.29, 1.82) is 0 Å². The number of aryl methyl sites for hydroxylation is 1. The number of hydrogen-bond donors (Lipinski definition) is 1. The molecular weight excluding hydrogens is 324 g/mol. The maximum atomic E-state index is 13.2. The minimum absolute atomic E-state index is 0.0419. The van der Waals surface area contributed by atoms with Gasteiger partial charge in [-0.25, -0.2) is 0 Å². The number of benzene rings is 2. The van der Waals surface area contributed by atoms with Gasteiger partial charge < -0.3 is 10.2 Å². The Morgan fingerprint density at radius 2 is 1.62 bits per heavy atom. The average molecular weight is 350 g/mol. The predicted octanol–water partition coefficient (Wildman–Crippen LogP) is 3.90. The zero-order valence-electron chi connectivity index (χ0n) is 15.5. The van der Waals surface area contributed by atoms with E-state index in [4.69, 9.17) is 0 Å². The largest absolute Gasteiger partial charge is 0.336 e. The van der Waals surface area contributed by atoms with E-state index in [9.17, 15) is 9.59 Å². The second-order valence-electron chi connectivity index (χ2n) is 7.23. The SMILES string of the molecule is Cc1ccc(NC(=O)CN(C)C(=O)C2(c3ccccc3)CCCC2)cc1. The highest BCUT2D eigenvalue weighted by Crippen LogP contribution is 2.42. The highest BCUT2D eigenvalue weighted by atomic mass is 16.2. The van der Waals surface area contributed by atoms with Gasteiger partial charge in [0, 0.05) is 12.7 Å². The molecule has 0 spiro atoms. The molecule has 0 atom stereocenters. The van der Waals surface area contributed by atoms with Gasteiger partial charge in [0.25, 0.3) is 0 Å². The molecule has 2 aromatic carbocycles. The van der Waals surface area contributed by atoms with Gasteiger partial charge in [-0.3, -0.25) is 9.59 Å². The third-order valence-corrected chi connectivity index (χ3v) is 5.26. The van der Waals surface area contributed by atoms with Crippen molar-refractivity contribution in [2.75, 3.05) is 18.9 Å². The molecule has 0 unspecified atom stereocenters. The van der Waals surface area contributed by atoms with Gasteiger partial charge in [0.2, 0.25) is 11.8 Å². The second-order valence-corrected chi connectivity index (χ2v) is 7.23. The summed E-state index contributed by atoms with van der Waals surface area (Å²) in [6.07, 6.45) is 3.79. The minimum atomic E-state index is -0.486. The summed E-state index contributed by atoms with van der Waals surface area (Å²) >= 11 is 0. The summed E-state index contributed by atoms with van der Waals surface area (Å²) < 4.78 is 0. The molecule has 0 bridgehead atoms. The van der Waals surface area contributed by atoms with Crippen LogP contribution in [0.4, 0.5) is 5.69 Å². The summed E-state index contributed by atoms with van der Waals surface area (Å²) in [6.45, 7) is 2.06. The Bertz CT molecular complexity index is 762. The van der Waals surface area contributed by atoms with Crippen molar-refractivity contribution in [1.82, 2.24) is 4.90 Å². The highest BCUT2D eigenvalue weighted by molar-refractivity contribution is 5.96. The van der Waals surface area contributed by atoms with E-state index in [0.717, 1.165) is 42.5 Å². The third kappa shape index (κ3) is 3.79. The molecule has 2 amide bonds. The third-order valence-electron chi connectivity index (χ3n) is 5.26. The zero-order valence-corrected chi connectivity index (χ0v) is 15.5. The molecule has 1 aliphatic carbocycles. The van der Waals surface area contributed by atoms with E-state index < -0.39 is 5.41 Å². The van der Waals surface area contributed by atoms with E-state index in [0.29, 0.717) is 0 Å². The first kappa shape index (κ1) is 18.2. The van der Waals surface area contributed by atoms with Crippen molar-refractivity contribution in [2.24, 2.45) is 0 Å². The van der Waals surface area contributed by atoms with Gasteiger partial charge in [-0.05, 0) is 37.5 Å². The van der Waals surface area contributed by atoms with Crippen LogP contribution in [0.25, 0.3) is 0 Å². The van der Waals surface area contributed by atoms with Crippen molar-refractivity contribution < 1.29 is 9.59 Å².